The molecule has 110 valence electrons. The molecule has 0 aromatic carbocycles. The molecule has 0 aromatic heterocycles. The fraction of sp³-hybridized carbons (Fsp3) is 1.00. The van der Waals surface area contributed by atoms with E-state index in [2.05, 4.69) is 41.5 Å². The van der Waals surface area contributed by atoms with Gasteiger partial charge in [-0.2, -0.15) is 0 Å². The van der Waals surface area contributed by atoms with Gasteiger partial charge in [0.15, 0.2) is 8.32 Å². The van der Waals surface area contributed by atoms with Crippen LogP contribution in [0.5, 0.6) is 0 Å². The van der Waals surface area contributed by atoms with E-state index in [1.54, 1.807) is 0 Å². The highest BCUT2D eigenvalue weighted by Gasteiger charge is 2.29. The molecule has 1 nitrogen and oxygen atoms in total. The van der Waals surface area contributed by atoms with Crippen molar-refractivity contribution in [1.29, 1.82) is 0 Å². The molecule has 0 saturated carbocycles. The summed E-state index contributed by atoms with van der Waals surface area (Å²) in [5.41, 5.74) is 0. The molecule has 0 atom stereocenters. The summed E-state index contributed by atoms with van der Waals surface area (Å²) in [5.74, 6) is 0. The molecular formula is C15H36OSi2. The van der Waals surface area contributed by atoms with Crippen molar-refractivity contribution >= 4 is 16.4 Å². The smallest absolute Gasteiger partial charge is 0.191 e. The topological polar surface area (TPSA) is 9.23 Å². The highest BCUT2D eigenvalue weighted by atomic mass is 28.4. The molecule has 0 amide bonds. The standard InChI is InChI=1S/C15H36OSi2/c1-7-17(8-2,9-3)15-13-14-16-18(10-4,11-5)12-6/h7-15H2,1-6H3. The summed E-state index contributed by atoms with van der Waals surface area (Å²) in [6.45, 7) is 15.2. The maximum atomic E-state index is 6.37. The third-order valence-electron chi connectivity index (χ3n) is 5.44. The second-order valence-corrected chi connectivity index (χ2v) is 16.2. The van der Waals surface area contributed by atoms with Crippen LogP contribution in [0.3, 0.4) is 0 Å². The van der Waals surface area contributed by atoms with Gasteiger partial charge < -0.3 is 4.43 Å². The van der Waals surface area contributed by atoms with Crippen LogP contribution in [-0.4, -0.2) is 23.0 Å². The Balaban J connectivity index is 4.11. The van der Waals surface area contributed by atoms with E-state index in [0.717, 1.165) is 6.61 Å². The van der Waals surface area contributed by atoms with Crippen LogP contribution >= 0.6 is 0 Å². The molecule has 0 rings (SSSR count). The van der Waals surface area contributed by atoms with Crippen LogP contribution in [0.1, 0.15) is 48.0 Å². The van der Waals surface area contributed by atoms with Gasteiger partial charge in [-0.3, -0.25) is 0 Å². The number of hydrogen-bond donors (Lipinski definition) is 0. The van der Waals surface area contributed by atoms with Crippen molar-refractivity contribution in [1.82, 2.24) is 0 Å². The normalized spacial score (nSPS) is 13.0. The van der Waals surface area contributed by atoms with Crippen molar-refractivity contribution in [2.24, 2.45) is 0 Å². The van der Waals surface area contributed by atoms with Gasteiger partial charge in [0.2, 0.25) is 0 Å². The second kappa shape index (κ2) is 9.32. The van der Waals surface area contributed by atoms with E-state index >= 15 is 0 Å². The number of rotatable bonds is 11. The summed E-state index contributed by atoms with van der Waals surface area (Å²) >= 11 is 0. The lowest BCUT2D eigenvalue weighted by atomic mass is 10.5. The Morgan fingerprint density at radius 1 is 0.667 bits per heavy atom. The van der Waals surface area contributed by atoms with E-state index in [4.69, 9.17) is 4.43 Å². The first-order valence-electron chi connectivity index (χ1n) is 8.21. The molecule has 0 aliphatic carbocycles. The predicted molar refractivity (Wildman–Crippen MR) is 89.8 cm³/mol. The van der Waals surface area contributed by atoms with Gasteiger partial charge in [0.05, 0.1) is 8.07 Å². The molecule has 0 saturated heterocycles. The Morgan fingerprint density at radius 2 is 1.11 bits per heavy atom. The van der Waals surface area contributed by atoms with Gasteiger partial charge in [0.25, 0.3) is 0 Å². The largest absolute Gasteiger partial charge is 0.417 e. The molecule has 0 aliphatic heterocycles. The van der Waals surface area contributed by atoms with Gasteiger partial charge >= 0.3 is 0 Å². The molecular weight excluding hydrogens is 252 g/mol. The first kappa shape index (κ1) is 18.4. The van der Waals surface area contributed by atoms with Crippen LogP contribution in [0.2, 0.25) is 42.3 Å². The van der Waals surface area contributed by atoms with Gasteiger partial charge in [-0.25, -0.2) is 0 Å². The van der Waals surface area contributed by atoms with Gasteiger partial charge in [0, 0.05) is 6.61 Å². The minimum absolute atomic E-state index is 0.909. The van der Waals surface area contributed by atoms with Crippen LogP contribution in [0.25, 0.3) is 0 Å². The van der Waals surface area contributed by atoms with E-state index in [1.807, 2.05) is 0 Å². The lowest BCUT2D eigenvalue weighted by Crippen LogP contribution is -2.37. The minimum Gasteiger partial charge on any atom is -0.417 e. The maximum Gasteiger partial charge on any atom is 0.191 e. The lowest BCUT2D eigenvalue weighted by molar-refractivity contribution is 0.298. The summed E-state index contributed by atoms with van der Waals surface area (Å²) in [6, 6.07) is 9.72. The number of hydrogen-bond acceptors (Lipinski definition) is 1. The third-order valence-corrected chi connectivity index (χ3v) is 16.0. The molecule has 3 heteroatoms. The van der Waals surface area contributed by atoms with Gasteiger partial charge in [-0.15, -0.1) is 0 Å². The first-order chi connectivity index (χ1) is 8.57. The van der Waals surface area contributed by atoms with E-state index in [-0.39, 0.29) is 0 Å². The monoisotopic (exact) mass is 288 g/mol. The SMILES string of the molecule is CC[Si](CC)(CC)CCCO[Si](CC)(CC)CC. The summed E-state index contributed by atoms with van der Waals surface area (Å²) in [4.78, 5) is 0. The zero-order valence-corrected chi connectivity index (χ0v) is 15.8. The van der Waals surface area contributed by atoms with Crippen LogP contribution in [0.15, 0.2) is 0 Å². The van der Waals surface area contributed by atoms with E-state index < -0.39 is 16.4 Å². The molecule has 0 heterocycles. The Bertz CT molecular complexity index is 160. The van der Waals surface area contributed by atoms with Crippen molar-refractivity contribution in [3.63, 3.8) is 0 Å². The summed E-state index contributed by atoms with van der Waals surface area (Å²) in [7, 11) is -2.24. The quantitative estimate of drug-likeness (QED) is 0.339. The van der Waals surface area contributed by atoms with Gasteiger partial charge in [0.1, 0.15) is 0 Å². The van der Waals surface area contributed by atoms with Crippen molar-refractivity contribution in [3.05, 3.63) is 0 Å². The predicted octanol–water partition coefficient (Wildman–Crippen LogP) is 5.91. The molecule has 0 spiro atoms. The van der Waals surface area contributed by atoms with Gasteiger partial charge in [-0.05, 0) is 24.6 Å². The Kier molecular flexibility index (Phi) is 9.53. The highest BCUT2D eigenvalue weighted by Crippen LogP contribution is 2.27. The fourth-order valence-electron chi connectivity index (χ4n) is 3.07. The maximum absolute atomic E-state index is 6.37. The summed E-state index contributed by atoms with van der Waals surface area (Å²) in [6.07, 6.45) is 1.32. The molecule has 0 fully saturated rings. The van der Waals surface area contributed by atoms with Crippen LogP contribution < -0.4 is 0 Å². The van der Waals surface area contributed by atoms with Crippen molar-refractivity contribution < 1.29 is 4.43 Å². The average molecular weight is 289 g/mol. The highest BCUT2D eigenvalue weighted by molar-refractivity contribution is 6.79. The first-order valence-corrected chi connectivity index (χ1v) is 13.6. The molecule has 0 aromatic rings. The van der Waals surface area contributed by atoms with Gasteiger partial charge in [-0.1, -0.05) is 65.7 Å². The second-order valence-electron chi connectivity index (χ2n) is 5.76. The molecule has 0 unspecified atom stereocenters. The molecule has 18 heavy (non-hydrogen) atoms. The third kappa shape index (κ3) is 5.18. The Labute approximate surface area is 118 Å². The summed E-state index contributed by atoms with van der Waals surface area (Å²) in [5, 5.41) is 0. The van der Waals surface area contributed by atoms with E-state index in [0.29, 0.717) is 0 Å². The van der Waals surface area contributed by atoms with E-state index in [9.17, 15) is 0 Å². The van der Waals surface area contributed by atoms with Crippen molar-refractivity contribution in [3.8, 4) is 0 Å². The minimum atomic E-state index is -1.33. The summed E-state index contributed by atoms with van der Waals surface area (Å²) < 4.78 is 6.37. The molecule has 0 radical (unpaired) electrons. The lowest BCUT2D eigenvalue weighted by Gasteiger charge is -2.31. The van der Waals surface area contributed by atoms with Crippen molar-refractivity contribution in [2.75, 3.05) is 6.61 Å². The van der Waals surface area contributed by atoms with Crippen LogP contribution in [0.4, 0.5) is 0 Å². The van der Waals surface area contributed by atoms with Crippen LogP contribution in [0, 0.1) is 0 Å². The zero-order valence-electron chi connectivity index (χ0n) is 13.8. The van der Waals surface area contributed by atoms with Crippen molar-refractivity contribution in [2.45, 2.75) is 90.3 Å². The van der Waals surface area contributed by atoms with E-state index in [1.165, 1.54) is 48.7 Å². The molecule has 0 bridgehead atoms. The van der Waals surface area contributed by atoms with Crippen LogP contribution in [-0.2, 0) is 4.43 Å². The Hall–Kier alpha value is 0.394. The molecule has 0 N–H and O–H groups in total. The molecule has 0 aliphatic rings. The fourth-order valence-corrected chi connectivity index (χ4v) is 9.22. The average Bonchev–Trinajstić information content (AvgIpc) is 2.45. The Morgan fingerprint density at radius 3 is 1.44 bits per heavy atom. The zero-order chi connectivity index (χ0) is 14.1.